The molecule has 2 saturated heterocycles. The third kappa shape index (κ3) is 3.38. The number of rotatable bonds is 3. The van der Waals surface area contributed by atoms with Crippen LogP contribution in [0.4, 0.5) is 5.69 Å². The number of nitrogens with zero attached hydrogens (tertiary/aromatic N) is 5. The fraction of sp³-hybridized carbons (Fsp3) is 0.556. The molecule has 0 radical (unpaired) electrons. The highest BCUT2D eigenvalue weighted by Crippen LogP contribution is 2.41. The van der Waals surface area contributed by atoms with Gasteiger partial charge < -0.3 is 9.64 Å². The standard InChI is InChI=1S/C18H23N5O/c1-2-18(13-24-17(1)9-15-10-19-5-6-22-15)3-7-23(8-4-18)16-11-20-14-21-12-16/h5-6,10-12,14,17H,1-4,7-9,13H2/t17-/m0/s1. The van der Waals surface area contributed by atoms with E-state index in [1.807, 2.05) is 18.6 Å². The van der Waals surface area contributed by atoms with Gasteiger partial charge in [0.05, 0.1) is 36.5 Å². The molecule has 2 fully saturated rings. The van der Waals surface area contributed by atoms with Gasteiger partial charge in [-0.05, 0) is 31.1 Å². The van der Waals surface area contributed by atoms with E-state index in [2.05, 4.69) is 24.8 Å². The molecule has 24 heavy (non-hydrogen) atoms. The summed E-state index contributed by atoms with van der Waals surface area (Å²) in [6, 6.07) is 0. The van der Waals surface area contributed by atoms with Gasteiger partial charge in [-0.3, -0.25) is 9.97 Å². The van der Waals surface area contributed by atoms with Crippen molar-refractivity contribution in [2.75, 3.05) is 24.6 Å². The molecule has 0 unspecified atom stereocenters. The molecule has 0 aliphatic carbocycles. The molecule has 2 aliphatic rings. The average molecular weight is 325 g/mol. The average Bonchev–Trinajstić information content (AvgIpc) is 2.66. The second kappa shape index (κ2) is 6.81. The fourth-order valence-electron chi connectivity index (χ4n) is 3.84. The maximum Gasteiger partial charge on any atom is 0.115 e. The molecule has 1 spiro atoms. The maximum atomic E-state index is 6.21. The molecule has 4 rings (SSSR count). The Labute approximate surface area is 142 Å². The van der Waals surface area contributed by atoms with Gasteiger partial charge in [-0.2, -0.15) is 0 Å². The zero-order valence-electron chi connectivity index (χ0n) is 13.8. The van der Waals surface area contributed by atoms with Gasteiger partial charge >= 0.3 is 0 Å². The smallest absolute Gasteiger partial charge is 0.115 e. The highest BCUT2D eigenvalue weighted by molar-refractivity contribution is 5.42. The first kappa shape index (κ1) is 15.4. The molecule has 126 valence electrons. The van der Waals surface area contributed by atoms with Gasteiger partial charge in [-0.15, -0.1) is 0 Å². The lowest BCUT2D eigenvalue weighted by Gasteiger charge is -2.46. The summed E-state index contributed by atoms with van der Waals surface area (Å²) in [5.74, 6) is 0. The minimum absolute atomic E-state index is 0.285. The molecule has 0 bridgehead atoms. The van der Waals surface area contributed by atoms with Crippen LogP contribution in [0.15, 0.2) is 37.3 Å². The van der Waals surface area contributed by atoms with Gasteiger partial charge in [0.2, 0.25) is 0 Å². The minimum Gasteiger partial charge on any atom is -0.377 e. The van der Waals surface area contributed by atoms with Crippen molar-refractivity contribution in [3.63, 3.8) is 0 Å². The first-order chi connectivity index (χ1) is 11.8. The van der Waals surface area contributed by atoms with E-state index < -0.39 is 0 Å². The predicted octanol–water partition coefficient (Wildman–Crippen LogP) is 2.27. The van der Waals surface area contributed by atoms with Crippen LogP contribution < -0.4 is 4.90 Å². The highest BCUT2D eigenvalue weighted by Gasteiger charge is 2.39. The number of hydrogen-bond acceptors (Lipinski definition) is 6. The molecule has 0 N–H and O–H groups in total. The van der Waals surface area contributed by atoms with Crippen molar-refractivity contribution in [2.24, 2.45) is 5.41 Å². The Bertz CT molecular complexity index is 633. The van der Waals surface area contributed by atoms with Crippen LogP contribution in [-0.4, -0.2) is 45.7 Å². The van der Waals surface area contributed by atoms with Crippen molar-refractivity contribution in [1.29, 1.82) is 0 Å². The molecule has 2 aromatic heterocycles. The molecule has 0 saturated carbocycles. The van der Waals surface area contributed by atoms with E-state index in [4.69, 9.17) is 4.74 Å². The van der Waals surface area contributed by atoms with Gasteiger partial charge in [-0.25, -0.2) is 9.97 Å². The summed E-state index contributed by atoms with van der Waals surface area (Å²) >= 11 is 0. The maximum absolute atomic E-state index is 6.21. The molecule has 1 atom stereocenters. The Kier molecular flexibility index (Phi) is 4.38. The Balaban J connectivity index is 1.30. The zero-order chi connectivity index (χ0) is 16.2. The van der Waals surface area contributed by atoms with Crippen LogP contribution in [0.2, 0.25) is 0 Å². The van der Waals surface area contributed by atoms with Crippen LogP contribution in [-0.2, 0) is 11.2 Å². The predicted molar refractivity (Wildman–Crippen MR) is 90.6 cm³/mol. The van der Waals surface area contributed by atoms with E-state index in [1.54, 1.807) is 18.7 Å². The first-order valence-electron chi connectivity index (χ1n) is 8.70. The third-order valence-corrected chi connectivity index (χ3v) is 5.41. The lowest BCUT2D eigenvalue weighted by atomic mass is 9.73. The summed E-state index contributed by atoms with van der Waals surface area (Å²) in [6.07, 6.45) is 16.6. The number of aromatic nitrogens is 4. The molecule has 2 aliphatic heterocycles. The topological polar surface area (TPSA) is 64.0 Å². The summed E-state index contributed by atoms with van der Waals surface area (Å²) in [6.45, 7) is 2.99. The summed E-state index contributed by atoms with van der Waals surface area (Å²) in [7, 11) is 0. The molecular weight excluding hydrogens is 302 g/mol. The molecule has 2 aromatic rings. The largest absolute Gasteiger partial charge is 0.377 e. The van der Waals surface area contributed by atoms with Crippen LogP contribution in [0.5, 0.6) is 0 Å². The number of ether oxygens (including phenoxy) is 1. The van der Waals surface area contributed by atoms with Crippen molar-refractivity contribution in [2.45, 2.75) is 38.2 Å². The van der Waals surface area contributed by atoms with Gasteiger partial charge in [0.25, 0.3) is 0 Å². The molecule has 4 heterocycles. The SMILES string of the molecule is c1cnc(C[C@@H]2CCC3(CCN(c4cncnc4)CC3)CO2)cn1. The first-order valence-corrected chi connectivity index (χ1v) is 8.70. The van der Waals surface area contributed by atoms with Crippen LogP contribution >= 0.6 is 0 Å². The van der Waals surface area contributed by atoms with Crippen molar-refractivity contribution in [1.82, 2.24) is 19.9 Å². The lowest BCUT2D eigenvalue weighted by molar-refractivity contribution is -0.0717. The van der Waals surface area contributed by atoms with Crippen LogP contribution in [0.1, 0.15) is 31.4 Å². The Hall–Kier alpha value is -2.08. The monoisotopic (exact) mass is 325 g/mol. The Morgan fingerprint density at radius 1 is 1.04 bits per heavy atom. The van der Waals surface area contributed by atoms with E-state index in [1.165, 1.54) is 19.3 Å². The number of anilines is 1. The third-order valence-electron chi connectivity index (χ3n) is 5.41. The van der Waals surface area contributed by atoms with Crippen molar-refractivity contribution >= 4 is 5.69 Å². The van der Waals surface area contributed by atoms with E-state index >= 15 is 0 Å². The second-order valence-electron chi connectivity index (χ2n) is 6.96. The van der Waals surface area contributed by atoms with Gasteiger partial charge in [0, 0.05) is 38.1 Å². The molecule has 0 aromatic carbocycles. The number of hydrogen-bond donors (Lipinski definition) is 0. The van der Waals surface area contributed by atoms with Crippen LogP contribution in [0.25, 0.3) is 0 Å². The molecule has 0 amide bonds. The molecule has 6 heteroatoms. The number of piperidine rings is 1. The fourth-order valence-corrected chi connectivity index (χ4v) is 3.84. The summed E-state index contributed by atoms with van der Waals surface area (Å²) in [5.41, 5.74) is 2.51. The summed E-state index contributed by atoms with van der Waals surface area (Å²) < 4.78 is 6.21. The minimum atomic E-state index is 0.285. The Morgan fingerprint density at radius 3 is 2.54 bits per heavy atom. The second-order valence-corrected chi connectivity index (χ2v) is 6.96. The quantitative estimate of drug-likeness (QED) is 0.862. The van der Waals surface area contributed by atoms with Crippen molar-refractivity contribution in [3.8, 4) is 0 Å². The van der Waals surface area contributed by atoms with Crippen molar-refractivity contribution in [3.05, 3.63) is 43.0 Å². The molecule has 6 nitrogen and oxygen atoms in total. The lowest BCUT2D eigenvalue weighted by Crippen LogP contribution is -2.46. The summed E-state index contributed by atoms with van der Waals surface area (Å²) in [5, 5.41) is 0. The van der Waals surface area contributed by atoms with Crippen molar-refractivity contribution < 1.29 is 4.74 Å². The van der Waals surface area contributed by atoms with Gasteiger partial charge in [-0.1, -0.05) is 0 Å². The van der Waals surface area contributed by atoms with E-state index in [0.717, 1.165) is 43.9 Å². The zero-order valence-corrected chi connectivity index (χ0v) is 13.8. The van der Waals surface area contributed by atoms with Gasteiger partial charge in [0.15, 0.2) is 0 Å². The molecular formula is C18H23N5O. The normalized spacial score (nSPS) is 23.3. The van der Waals surface area contributed by atoms with E-state index in [9.17, 15) is 0 Å². The Morgan fingerprint density at radius 2 is 1.88 bits per heavy atom. The van der Waals surface area contributed by atoms with E-state index in [0.29, 0.717) is 5.41 Å². The van der Waals surface area contributed by atoms with Crippen LogP contribution in [0, 0.1) is 5.41 Å². The van der Waals surface area contributed by atoms with Crippen LogP contribution in [0.3, 0.4) is 0 Å². The highest BCUT2D eigenvalue weighted by atomic mass is 16.5. The van der Waals surface area contributed by atoms with E-state index in [-0.39, 0.29) is 6.10 Å². The summed E-state index contributed by atoms with van der Waals surface area (Å²) in [4.78, 5) is 19.1. The van der Waals surface area contributed by atoms with Gasteiger partial charge in [0.1, 0.15) is 6.33 Å².